The van der Waals surface area contributed by atoms with E-state index < -0.39 is 29.7 Å². The van der Waals surface area contributed by atoms with Crippen LogP contribution in [0.2, 0.25) is 0 Å². The number of aryl methyl sites for hydroxylation is 2. The lowest BCUT2D eigenvalue weighted by Crippen LogP contribution is -2.46. The van der Waals surface area contributed by atoms with E-state index in [4.69, 9.17) is 10.5 Å². The molecule has 0 unspecified atom stereocenters. The third-order valence-corrected chi connectivity index (χ3v) is 6.67. The number of nitrogens with two attached hydrogens (primary N) is 1. The fraction of sp³-hybridized carbons (Fsp3) is 0.375. The Hall–Kier alpha value is -3.62. The van der Waals surface area contributed by atoms with Crippen LogP contribution in [0.1, 0.15) is 63.2 Å². The van der Waals surface area contributed by atoms with Gasteiger partial charge in [-0.25, -0.2) is 13.6 Å². The molecule has 0 heterocycles. The highest BCUT2D eigenvalue weighted by Crippen LogP contribution is 2.17. The van der Waals surface area contributed by atoms with Crippen molar-refractivity contribution in [2.75, 3.05) is 20.1 Å². The van der Waals surface area contributed by atoms with E-state index in [1.165, 1.54) is 23.8 Å². The second kappa shape index (κ2) is 14.7. The Morgan fingerprint density at radius 1 is 0.950 bits per heavy atom. The number of rotatable bonds is 13. The van der Waals surface area contributed by atoms with Crippen molar-refractivity contribution in [1.82, 2.24) is 10.2 Å². The Bertz CT molecular complexity index is 1290. The van der Waals surface area contributed by atoms with Crippen LogP contribution in [0.25, 0.3) is 0 Å². The number of hydrogen-bond acceptors (Lipinski definition) is 5. The number of nitrogens with one attached hydrogen (secondary N) is 1. The normalized spacial score (nSPS) is 12.6. The Morgan fingerprint density at radius 3 is 2.30 bits per heavy atom. The number of ether oxygens (including phenoxy) is 1. The molecule has 0 saturated heterocycles. The first-order chi connectivity index (χ1) is 19.1. The van der Waals surface area contributed by atoms with Crippen LogP contribution in [0.15, 0.2) is 60.7 Å². The molecule has 0 aliphatic heterocycles. The maximum Gasteiger partial charge on any atom is 0.338 e. The fourth-order valence-electron chi connectivity index (χ4n) is 4.62. The summed E-state index contributed by atoms with van der Waals surface area (Å²) in [5.41, 5.74) is 10.5. The SMILES string of the molecule is CCCN(C)C(=O)c1cc(C)cc(C(=O)O[C@H](CNCc2cccc(CC)c2)[C@@H](N)Cc2cc(F)cc(F)c2)c1. The summed E-state index contributed by atoms with van der Waals surface area (Å²) >= 11 is 0. The van der Waals surface area contributed by atoms with Gasteiger partial charge in [0.05, 0.1) is 5.56 Å². The number of halogens is 2. The summed E-state index contributed by atoms with van der Waals surface area (Å²) in [5, 5.41) is 3.30. The molecule has 3 aromatic rings. The van der Waals surface area contributed by atoms with Gasteiger partial charge in [-0.15, -0.1) is 0 Å². The molecule has 0 aliphatic rings. The quantitative estimate of drug-likeness (QED) is 0.285. The predicted octanol–water partition coefficient (Wildman–Crippen LogP) is 5.20. The molecule has 0 radical (unpaired) electrons. The zero-order valence-electron chi connectivity index (χ0n) is 23.7. The Morgan fingerprint density at radius 2 is 1.62 bits per heavy atom. The lowest BCUT2D eigenvalue weighted by molar-refractivity contribution is 0.0238. The molecule has 3 aromatic carbocycles. The van der Waals surface area contributed by atoms with Crippen molar-refractivity contribution in [3.8, 4) is 0 Å². The number of carbonyl (C=O) groups is 2. The minimum absolute atomic E-state index is 0.0962. The fourth-order valence-corrected chi connectivity index (χ4v) is 4.62. The summed E-state index contributed by atoms with van der Waals surface area (Å²) in [6.07, 6.45) is 1.01. The zero-order chi connectivity index (χ0) is 29.2. The second-order valence-corrected chi connectivity index (χ2v) is 10.2. The van der Waals surface area contributed by atoms with Gasteiger partial charge in [0, 0.05) is 44.4 Å². The average molecular weight is 552 g/mol. The Labute approximate surface area is 235 Å². The maximum absolute atomic E-state index is 13.8. The van der Waals surface area contributed by atoms with E-state index >= 15 is 0 Å². The van der Waals surface area contributed by atoms with Gasteiger partial charge in [0.1, 0.15) is 17.7 Å². The van der Waals surface area contributed by atoms with Crippen LogP contribution < -0.4 is 11.1 Å². The molecule has 40 heavy (non-hydrogen) atoms. The number of carbonyl (C=O) groups excluding carboxylic acids is 2. The van der Waals surface area contributed by atoms with Gasteiger partial charge in [0.25, 0.3) is 5.91 Å². The molecule has 3 N–H and O–H groups in total. The van der Waals surface area contributed by atoms with Crippen LogP contribution >= 0.6 is 0 Å². The monoisotopic (exact) mass is 551 g/mol. The van der Waals surface area contributed by atoms with Crippen molar-refractivity contribution in [3.05, 3.63) is 106 Å². The van der Waals surface area contributed by atoms with Crippen molar-refractivity contribution in [3.63, 3.8) is 0 Å². The van der Waals surface area contributed by atoms with Crippen LogP contribution in [0.5, 0.6) is 0 Å². The average Bonchev–Trinajstić information content (AvgIpc) is 2.91. The number of amides is 1. The number of esters is 1. The van der Waals surface area contributed by atoms with E-state index in [1.54, 1.807) is 31.0 Å². The van der Waals surface area contributed by atoms with E-state index in [9.17, 15) is 18.4 Å². The van der Waals surface area contributed by atoms with E-state index in [2.05, 4.69) is 24.4 Å². The first-order valence-corrected chi connectivity index (χ1v) is 13.7. The van der Waals surface area contributed by atoms with Crippen molar-refractivity contribution in [2.24, 2.45) is 5.73 Å². The molecule has 1 amide bonds. The van der Waals surface area contributed by atoms with E-state index in [0.29, 0.717) is 24.2 Å². The molecule has 0 aromatic heterocycles. The number of nitrogens with zero attached hydrogens (tertiary/aromatic N) is 1. The predicted molar refractivity (Wildman–Crippen MR) is 153 cm³/mol. The van der Waals surface area contributed by atoms with Crippen molar-refractivity contribution in [2.45, 2.75) is 58.7 Å². The summed E-state index contributed by atoms with van der Waals surface area (Å²) in [5.74, 6) is -2.21. The molecular formula is C32H39F2N3O3. The van der Waals surface area contributed by atoms with Crippen molar-refractivity contribution < 1.29 is 23.1 Å². The molecule has 214 valence electrons. The first kappa shape index (κ1) is 30.9. The number of benzene rings is 3. The minimum atomic E-state index is -0.810. The van der Waals surface area contributed by atoms with Gasteiger partial charge in [-0.2, -0.15) is 0 Å². The molecule has 8 heteroatoms. The Kier molecular flexibility index (Phi) is 11.3. The third kappa shape index (κ3) is 8.96. The van der Waals surface area contributed by atoms with Gasteiger partial charge in [-0.05, 0) is 78.8 Å². The molecule has 0 spiro atoms. The molecule has 3 rings (SSSR count). The summed E-state index contributed by atoms with van der Waals surface area (Å²) in [4.78, 5) is 27.8. The van der Waals surface area contributed by atoms with Crippen molar-refractivity contribution >= 4 is 11.9 Å². The van der Waals surface area contributed by atoms with Gasteiger partial charge in [-0.3, -0.25) is 4.79 Å². The summed E-state index contributed by atoms with van der Waals surface area (Å²) < 4.78 is 33.5. The van der Waals surface area contributed by atoms with Gasteiger partial charge < -0.3 is 20.7 Å². The molecule has 0 aliphatic carbocycles. The van der Waals surface area contributed by atoms with Gasteiger partial charge >= 0.3 is 5.97 Å². The van der Waals surface area contributed by atoms with Gasteiger partial charge in [0.2, 0.25) is 0 Å². The van der Waals surface area contributed by atoms with Crippen molar-refractivity contribution in [1.29, 1.82) is 0 Å². The van der Waals surface area contributed by atoms with Gasteiger partial charge in [-0.1, -0.05) is 38.1 Å². The first-order valence-electron chi connectivity index (χ1n) is 13.7. The maximum atomic E-state index is 13.8. The standard InChI is InChI=1S/C32H39F2N3O3/c1-5-10-37(4)31(38)25-11-21(3)12-26(17-25)32(39)40-30(20-36-19-23-9-7-8-22(6-2)13-23)29(35)16-24-14-27(33)18-28(34)15-24/h7-9,11-15,17-18,29-30,36H,5-6,10,16,19-20,35H2,1-4H3/t29-,30+/m0/s1. The van der Waals surface area contributed by atoms with Crippen LogP contribution in [0, 0.1) is 18.6 Å². The highest BCUT2D eigenvalue weighted by Gasteiger charge is 2.25. The number of hydrogen-bond donors (Lipinski definition) is 2. The molecule has 0 bridgehead atoms. The topological polar surface area (TPSA) is 84.7 Å². The molecule has 2 atom stereocenters. The smallest absolute Gasteiger partial charge is 0.338 e. The zero-order valence-corrected chi connectivity index (χ0v) is 23.7. The molecule has 0 fully saturated rings. The molecule has 6 nitrogen and oxygen atoms in total. The van der Waals surface area contributed by atoms with Gasteiger partial charge in [0.15, 0.2) is 0 Å². The second-order valence-electron chi connectivity index (χ2n) is 10.2. The molecular weight excluding hydrogens is 512 g/mol. The van der Waals surface area contributed by atoms with E-state index in [0.717, 1.165) is 30.0 Å². The largest absolute Gasteiger partial charge is 0.456 e. The summed E-state index contributed by atoms with van der Waals surface area (Å²) in [7, 11) is 1.72. The lowest BCUT2D eigenvalue weighted by Gasteiger charge is -2.25. The van der Waals surface area contributed by atoms with Crippen LogP contribution in [-0.4, -0.2) is 49.1 Å². The highest BCUT2D eigenvalue weighted by molar-refractivity contribution is 5.98. The Balaban J connectivity index is 1.80. The minimum Gasteiger partial charge on any atom is -0.456 e. The van der Waals surface area contributed by atoms with Crippen LogP contribution in [0.3, 0.4) is 0 Å². The van der Waals surface area contributed by atoms with E-state index in [1.807, 2.05) is 19.1 Å². The van der Waals surface area contributed by atoms with Crippen LogP contribution in [0.4, 0.5) is 8.78 Å². The highest BCUT2D eigenvalue weighted by atomic mass is 19.1. The molecule has 0 saturated carbocycles. The lowest BCUT2D eigenvalue weighted by atomic mass is 10.0. The van der Waals surface area contributed by atoms with E-state index in [-0.39, 0.29) is 24.4 Å². The third-order valence-electron chi connectivity index (χ3n) is 6.67. The van der Waals surface area contributed by atoms with Crippen LogP contribution in [-0.2, 0) is 24.1 Å². The summed E-state index contributed by atoms with van der Waals surface area (Å²) in [6, 6.07) is 15.6. The summed E-state index contributed by atoms with van der Waals surface area (Å²) in [6.45, 7) is 7.22.